The van der Waals surface area contributed by atoms with Gasteiger partial charge in [-0.2, -0.15) is 11.3 Å². The van der Waals surface area contributed by atoms with Crippen molar-refractivity contribution in [3.63, 3.8) is 0 Å². The first-order chi connectivity index (χ1) is 5.25. The predicted octanol–water partition coefficient (Wildman–Crippen LogP) is 3.82. The maximum Gasteiger partial charge on any atom is -0.00558 e. The van der Waals surface area contributed by atoms with Gasteiger partial charge in [-0.25, -0.2) is 0 Å². The van der Waals surface area contributed by atoms with Crippen molar-refractivity contribution in [3.05, 3.63) is 21.9 Å². The molecule has 62 valence electrons. The second-order valence-electron chi connectivity index (χ2n) is 3.26. The molecule has 1 rings (SSSR count). The molecule has 0 spiro atoms. The third kappa shape index (κ3) is 2.06. The molecule has 0 aromatic carbocycles. The zero-order valence-electron chi connectivity index (χ0n) is 7.55. The van der Waals surface area contributed by atoms with E-state index in [-0.39, 0.29) is 0 Å². The van der Waals surface area contributed by atoms with Crippen molar-refractivity contribution >= 4 is 11.3 Å². The van der Waals surface area contributed by atoms with E-state index in [2.05, 4.69) is 31.5 Å². The molecular formula is C10H16S. The standard InChI is InChI=1S/C10H16S/c1-4-5-9-6-11-7-10(9)8(2)3/h6-8H,4-5H2,1-3H3. The van der Waals surface area contributed by atoms with Gasteiger partial charge in [0.25, 0.3) is 0 Å². The highest BCUT2D eigenvalue weighted by molar-refractivity contribution is 7.08. The van der Waals surface area contributed by atoms with Gasteiger partial charge in [0.2, 0.25) is 0 Å². The summed E-state index contributed by atoms with van der Waals surface area (Å²) in [5.41, 5.74) is 3.12. The van der Waals surface area contributed by atoms with Gasteiger partial charge in [0.1, 0.15) is 0 Å². The first kappa shape index (κ1) is 8.79. The Kier molecular flexibility index (Phi) is 3.13. The molecule has 1 heterocycles. The highest BCUT2D eigenvalue weighted by Crippen LogP contribution is 2.24. The third-order valence-corrected chi connectivity index (χ3v) is 2.73. The van der Waals surface area contributed by atoms with Crippen LogP contribution in [0.25, 0.3) is 0 Å². The molecule has 1 heteroatoms. The van der Waals surface area contributed by atoms with Crippen molar-refractivity contribution in [3.8, 4) is 0 Å². The van der Waals surface area contributed by atoms with Crippen molar-refractivity contribution < 1.29 is 0 Å². The molecule has 0 saturated heterocycles. The lowest BCUT2D eigenvalue weighted by atomic mass is 10.00. The summed E-state index contributed by atoms with van der Waals surface area (Å²) < 4.78 is 0. The van der Waals surface area contributed by atoms with Crippen LogP contribution in [-0.4, -0.2) is 0 Å². The smallest absolute Gasteiger partial charge is 0.00558 e. The fraction of sp³-hybridized carbons (Fsp3) is 0.600. The highest BCUT2D eigenvalue weighted by Gasteiger charge is 2.05. The number of thiophene rings is 1. The third-order valence-electron chi connectivity index (χ3n) is 1.92. The Bertz CT molecular complexity index is 210. The summed E-state index contributed by atoms with van der Waals surface area (Å²) in [6, 6.07) is 0. The molecule has 1 aromatic rings. The van der Waals surface area contributed by atoms with E-state index in [1.54, 1.807) is 11.1 Å². The number of hydrogen-bond donors (Lipinski definition) is 0. The zero-order valence-corrected chi connectivity index (χ0v) is 8.37. The quantitative estimate of drug-likeness (QED) is 0.643. The lowest BCUT2D eigenvalue weighted by Crippen LogP contribution is -1.90. The molecule has 11 heavy (non-hydrogen) atoms. The summed E-state index contributed by atoms with van der Waals surface area (Å²) in [7, 11) is 0. The van der Waals surface area contributed by atoms with Crippen LogP contribution in [0.4, 0.5) is 0 Å². The molecule has 0 fully saturated rings. The Morgan fingerprint density at radius 1 is 1.36 bits per heavy atom. The predicted molar refractivity (Wildman–Crippen MR) is 52.4 cm³/mol. The normalized spacial score (nSPS) is 10.9. The van der Waals surface area contributed by atoms with Gasteiger partial charge < -0.3 is 0 Å². The number of aryl methyl sites for hydroxylation is 1. The SMILES string of the molecule is CCCc1cscc1C(C)C. The van der Waals surface area contributed by atoms with E-state index in [9.17, 15) is 0 Å². The first-order valence-electron chi connectivity index (χ1n) is 4.30. The van der Waals surface area contributed by atoms with E-state index in [1.807, 2.05) is 11.3 Å². The van der Waals surface area contributed by atoms with Gasteiger partial charge in [0.15, 0.2) is 0 Å². The second kappa shape index (κ2) is 3.91. The molecule has 0 bridgehead atoms. The summed E-state index contributed by atoms with van der Waals surface area (Å²) in [6.45, 7) is 6.77. The lowest BCUT2D eigenvalue weighted by Gasteiger charge is -2.05. The molecule has 0 nitrogen and oxygen atoms in total. The Hall–Kier alpha value is -0.300. The van der Waals surface area contributed by atoms with E-state index in [1.165, 1.54) is 12.8 Å². The maximum atomic E-state index is 2.29. The Balaban J connectivity index is 2.78. The van der Waals surface area contributed by atoms with Crippen LogP contribution >= 0.6 is 11.3 Å². The van der Waals surface area contributed by atoms with E-state index >= 15 is 0 Å². The van der Waals surface area contributed by atoms with Crippen LogP contribution in [-0.2, 0) is 6.42 Å². The monoisotopic (exact) mass is 168 g/mol. The first-order valence-corrected chi connectivity index (χ1v) is 5.25. The largest absolute Gasteiger partial charge is 0.152 e. The van der Waals surface area contributed by atoms with Gasteiger partial charge >= 0.3 is 0 Å². The molecule has 0 saturated carbocycles. The molecule has 0 unspecified atom stereocenters. The van der Waals surface area contributed by atoms with Crippen LogP contribution in [0.5, 0.6) is 0 Å². The van der Waals surface area contributed by atoms with Crippen molar-refractivity contribution in [1.82, 2.24) is 0 Å². The van der Waals surface area contributed by atoms with Gasteiger partial charge in [0.05, 0.1) is 0 Å². The molecule has 0 aliphatic heterocycles. The topological polar surface area (TPSA) is 0 Å². The second-order valence-corrected chi connectivity index (χ2v) is 4.00. The molecule has 1 aromatic heterocycles. The maximum absolute atomic E-state index is 2.29. The summed E-state index contributed by atoms with van der Waals surface area (Å²) >= 11 is 1.83. The van der Waals surface area contributed by atoms with Crippen molar-refractivity contribution in [2.75, 3.05) is 0 Å². The lowest BCUT2D eigenvalue weighted by molar-refractivity contribution is 0.829. The van der Waals surface area contributed by atoms with Crippen LogP contribution in [0.15, 0.2) is 10.8 Å². The molecule has 0 atom stereocenters. The van der Waals surface area contributed by atoms with E-state index in [0.29, 0.717) is 5.92 Å². The van der Waals surface area contributed by atoms with Crippen LogP contribution in [0.3, 0.4) is 0 Å². The number of rotatable bonds is 3. The van der Waals surface area contributed by atoms with Crippen LogP contribution in [0, 0.1) is 0 Å². The van der Waals surface area contributed by atoms with Crippen molar-refractivity contribution in [2.45, 2.75) is 39.5 Å². The van der Waals surface area contributed by atoms with Crippen LogP contribution in [0.2, 0.25) is 0 Å². The minimum atomic E-state index is 0.697. The summed E-state index contributed by atoms with van der Waals surface area (Å²) in [5.74, 6) is 0.697. The number of hydrogen-bond acceptors (Lipinski definition) is 1. The van der Waals surface area contributed by atoms with E-state index < -0.39 is 0 Å². The molecular weight excluding hydrogens is 152 g/mol. The average molecular weight is 168 g/mol. The fourth-order valence-electron chi connectivity index (χ4n) is 1.31. The minimum Gasteiger partial charge on any atom is -0.152 e. The van der Waals surface area contributed by atoms with Gasteiger partial charge in [0, 0.05) is 0 Å². The molecule has 0 N–H and O–H groups in total. The molecule has 0 aliphatic rings. The van der Waals surface area contributed by atoms with Crippen LogP contribution < -0.4 is 0 Å². The fourth-order valence-corrected chi connectivity index (χ4v) is 2.37. The van der Waals surface area contributed by atoms with Gasteiger partial charge in [-0.05, 0) is 34.2 Å². The Morgan fingerprint density at radius 3 is 2.64 bits per heavy atom. The molecule has 0 aliphatic carbocycles. The van der Waals surface area contributed by atoms with Gasteiger partial charge in [-0.3, -0.25) is 0 Å². The highest BCUT2D eigenvalue weighted by atomic mass is 32.1. The summed E-state index contributed by atoms with van der Waals surface area (Å²) in [5, 5.41) is 4.58. The van der Waals surface area contributed by atoms with E-state index in [4.69, 9.17) is 0 Å². The van der Waals surface area contributed by atoms with Crippen molar-refractivity contribution in [1.29, 1.82) is 0 Å². The van der Waals surface area contributed by atoms with Gasteiger partial charge in [-0.15, -0.1) is 0 Å². The van der Waals surface area contributed by atoms with Crippen molar-refractivity contribution in [2.24, 2.45) is 0 Å². The average Bonchev–Trinajstić information content (AvgIpc) is 2.36. The summed E-state index contributed by atoms with van der Waals surface area (Å²) in [6.07, 6.45) is 2.51. The van der Waals surface area contributed by atoms with E-state index in [0.717, 1.165) is 0 Å². The zero-order chi connectivity index (χ0) is 8.27. The van der Waals surface area contributed by atoms with Gasteiger partial charge in [-0.1, -0.05) is 27.2 Å². The van der Waals surface area contributed by atoms with Crippen LogP contribution in [0.1, 0.15) is 44.2 Å². The molecule has 0 amide bonds. The Labute approximate surface area is 73.3 Å². The molecule has 0 radical (unpaired) electrons. The Morgan fingerprint density at radius 2 is 2.09 bits per heavy atom. The summed E-state index contributed by atoms with van der Waals surface area (Å²) in [4.78, 5) is 0. The minimum absolute atomic E-state index is 0.697.